The number of aromatic hydroxyl groups is 1. The fourth-order valence-electron chi connectivity index (χ4n) is 11.1. The number of hydrogen-bond donors (Lipinski definition) is 3. The lowest BCUT2D eigenvalue weighted by Crippen LogP contribution is -2.50. The maximum Gasteiger partial charge on any atom is 0.249 e. The number of phenolic OH excluding ortho intramolecular Hbond substituents is 1. The largest absolute Gasteiger partial charge is 0.508 e. The summed E-state index contributed by atoms with van der Waals surface area (Å²) in [5, 5.41) is 16.0. The predicted octanol–water partition coefficient (Wildman–Crippen LogP) is 8.50. The van der Waals surface area contributed by atoms with Crippen molar-refractivity contribution in [2.75, 3.05) is 50.1 Å². The Morgan fingerprint density at radius 3 is 2.32 bits per heavy atom. The van der Waals surface area contributed by atoms with Crippen molar-refractivity contribution < 1.29 is 23.8 Å². The van der Waals surface area contributed by atoms with Gasteiger partial charge in [-0.15, -0.1) is 0 Å². The standard InChI is InChI=1S/C48H55FN4O4/c1-57-44-27-43(41(49)26-40(44)46-38(34-5-3-2-4-6-34)13-9-35-25-37(54)12-14-39(35)46)53-23-19-48(20-24-53)28-31(29-48)30-52-21-17-33(18-22-52)32-7-10-36(11-8-32)50-42-15-16-45(55)51-47(42)56/h2-8,10-12,14,25-27,31,33,38,42,46,50,54H,9,13,15-24,28-30H2,1H3,(H,51,55,56)/t38-,42-,46+/m1/s1. The van der Waals surface area contributed by atoms with Crippen molar-refractivity contribution in [1.82, 2.24) is 10.2 Å². The van der Waals surface area contributed by atoms with Gasteiger partial charge in [0.15, 0.2) is 0 Å². The van der Waals surface area contributed by atoms with Gasteiger partial charge >= 0.3 is 0 Å². The van der Waals surface area contributed by atoms with Crippen LogP contribution in [0.1, 0.15) is 103 Å². The summed E-state index contributed by atoms with van der Waals surface area (Å²) in [6.45, 7) is 5.13. The minimum atomic E-state index is -0.363. The molecule has 0 unspecified atom stereocenters. The van der Waals surface area contributed by atoms with E-state index in [2.05, 4.69) is 69.0 Å². The van der Waals surface area contributed by atoms with E-state index >= 15 is 4.39 Å². The number of phenols is 1. The van der Waals surface area contributed by atoms with Crippen molar-refractivity contribution in [2.45, 2.75) is 88.0 Å². The highest BCUT2D eigenvalue weighted by molar-refractivity contribution is 6.01. The zero-order valence-electron chi connectivity index (χ0n) is 33.0. The molecule has 3 N–H and O–H groups in total. The molecule has 2 aliphatic carbocycles. The molecule has 3 atom stereocenters. The molecule has 9 heteroatoms. The number of likely N-dealkylation sites (tertiary alicyclic amines) is 1. The topological polar surface area (TPSA) is 94.1 Å². The molecule has 5 aliphatic rings. The third-order valence-corrected chi connectivity index (χ3v) is 14.1. The second-order valence-electron chi connectivity index (χ2n) is 17.6. The molecule has 0 radical (unpaired) electrons. The van der Waals surface area contributed by atoms with Crippen LogP contribution in [0, 0.1) is 17.2 Å². The van der Waals surface area contributed by atoms with E-state index < -0.39 is 0 Å². The number of piperidine rings is 3. The second kappa shape index (κ2) is 15.8. The molecule has 3 aliphatic heterocycles. The van der Waals surface area contributed by atoms with Gasteiger partial charge in [0.2, 0.25) is 11.8 Å². The van der Waals surface area contributed by atoms with Crippen LogP contribution < -0.4 is 20.3 Å². The molecule has 2 amide bonds. The van der Waals surface area contributed by atoms with E-state index in [1.807, 2.05) is 24.3 Å². The van der Waals surface area contributed by atoms with Gasteiger partial charge in [-0.3, -0.25) is 14.9 Å². The molecule has 3 saturated heterocycles. The molecule has 0 bridgehead atoms. The average molecular weight is 771 g/mol. The van der Waals surface area contributed by atoms with Gasteiger partial charge in [0.05, 0.1) is 12.8 Å². The lowest BCUT2D eigenvalue weighted by atomic mass is 9.57. The normalized spacial score (nSPS) is 24.1. The zero-order chi connectivity index (χ0) is 39.1. The summed E-state index contributed by atoms with van der Waals surface area (Å²) in [4.78, 5) is 28.5. The van der Waals surface area contributed by atoms with Crippen molar-refractivity contribution in [2.24, 2.45) is 11.3 Å². The summed E-state index contributed by atoms with van der Waals surface area (Å²) in [5.74, 6) is 1.74. The number of benzene rings is 4. The summed E-state index contributed by atoms with van der Waals surface area (Å²) >= 11 is 0. The average Bonchev–Trinajstić information content (AvgIpc) is 3.22. The highest BCUT2D eigenvalue weighted by Gasteiger charge is 2.46. The first-order valence-corrected chi connectivity index (χ1v) is 21.2. The zero-order valence-corrected chi connectivity index (χ0v) is 33.0. The van der Waals surface area contributed by atoms with E-state index in [9.17, 15) is 14.7 Å². The molecule has 4 fully saturated rings. The van der Waals surface area contributed by atoms with E-state index in [-0.39, 0.29) is 41.3 Å². The van der Waals surface area contributed by atoms with Crippen molar-refractivity contribution in [3.63, 3.8) is 0 Å². The van der Waals surface area contributed by atoms with Gasteiger partial charge in [-0.05, 0) is 147 Å². The molecular formula is C48H55FN4O4. The fourth-order valence-corrected chi connectivity index (χ4v) is 11.1. The number of aryl methyl sites for hydroxylation is 1. The van der Waals surface area contributed by atoms with Crippen LogP contribution in [0.3, 0.4) is 0 Å². The minimum absolute atomic E-state index is 0.0832. The van der Waals surface area contributed by atoms with Gasteiger partial charge in [-0.1, -0.05) is 48.5 Å². The summed E-state index contributed by atoms with van der Waals surface area (Å²) in [6, 6.07) is 28.0. The van der Waals surface area contributed by atoms with Crippen molar-refractivity contribution in [3.05, 3.63) is 119 Å². The Balaban J connectivity index is 0.785. The molecule has 4 aromatic rings. The maximum atomic E-state index is 16.4. The summed E-state index contributed by atoms with van der Waals surface area (Å²) in [7, 11) is 1.70. The van der Waals surface area contributed by atoms with Crippen LogP contribution in [0.25, 0.3) is 0 Å². The van der Waals surface area contributed by atoms with Gasteiger partial charge in [0.1, 0.15) is 23.4 Å². The van der Waals surface area contributed by atoms with Crippen molar-refractivity contribution >= 4 is 23.2 Å². The van der Waals surface area contributed by atoms with Crippen molar-refractivity contribution in [3.8, 4) is 11.5 Å². The van der Waals surface area contributed by atoms with Gasteiger partial charge < -0.3 is 25.0 Å². The number of methoxy groups -OCH3 is 1. The number of nitrogens with zero attached hydrogens (tertiary/aromatic N) is 2. The number of halogens is 1. The molecule has 4 aromatic carbocycles. The van der Waals surface area contributed by atoms with Crippen LogP contribution in [0.5, 0.6) is 11.5 Å². The molecular weight excluding hydrogens is 716 g/mol. The SMILES string of the molecule is COc1cc(N2CCC3(CC2)CC(CN2CCC(c4ccc(N[C@@H]5CCC(=O)NC5=O)cc4)CC2)C3)c(F)cc1[C@@H]1c2ccc(O)cc2CC[C@@H]1c1ccccc1. The second-order valence-corrected chi connectivity index (χ2v) is 17.6. The van der Waals surface area contributed by atoms with E-state index in [1.54, 1.807) is 19.2 Å². The molecule has 8 nitrogen and oxygen atoms in total. The Hall–Kier alpha value is -4.89. The number of carbonyl (C=O) groups excluding carboxylic acids is 2. The molecule has 1 spiro atoms. The maximum absolute atomic E-state index is 16.4. The molecule has 3 heterocycles. The number of imide groups is 1. The summed E-state index contributed by atoms with van der Waals surface area (Å²) < 4.78 is 22.4. The Morgan fingerprint density at radius 1 is 0.842 bits per heavy atom. The van der Waals surface area contributed by atoms with Crippen LogP contribution in [-0.2, 0) is 16.0 Å². The quantitative estimate of drug-likeness (QED) is 0.147. The van der Waals surface area contributed by atoms with Gasteiger partial charge in [0, 0.05) is 49.3 Å². The first kappa shape index (κ1) is 37.7. The van der Waals surface area contributed by atoms with Gasteiger partial charge in [0.25, 0.3) is 0 Å². The Labute approximate surface area is 335 Å². The Kier molecular flexibility index (Phi) is 10.4. The van der Waals surface area contributed by atoms with E-state index in [1.165, 1.54) is 30.5 Å². The van der Waals surface area contributed by atoms with Gasteiger partial charge in [-0.25, -0.2) is 4.39 Å². The number of ether oxygens (including phenoxy) is 1. The van der Waals surface area contributed by atoms with Crippen molar-refractivity contribution in [1.29, 1.82) is 0 Å². The van der Waals surface area contributed by atoms with Crippen LogP contribution in [0.2, 0.25) is 0 Å². The number of fused-ring (bicyclic) bond motifs is 1. The number of carbonyl (C=O) groups is 2. The Bertz CT molecular complexity index is 2080. The van der Waals surface area contributed by atoms with Crippen LogP contribution in [-0.4, -0.2) is 67.7 Å². The monoisotopic (exact) mass is 770 g/mol. The highest BCUT2D eigenvalue weighted by atomic mass is 19.1. The molecule has 298 valence electrons. The smallest absolute Gasteiger partial charge is 0.249 e. The lowest BCUT2D eigenvalue weighted by molar-refractivity contribution is -0.133. The highest BCUT2D eigenvalue weighted by Crippen LogP contribution is 2.54. The van der Waals surface area contributed by atoms with Gasteiger partial charge in [-0.2, -0.15) is 0 Å². The molecule has 57 heavy (non-hydrogen) atoms. The minimum Gasteiger partial charge on any atom is -0.508 e. The predicted molar refractivity (Wildman–Crippen MR) is 222 cm³/mol. The summed E-state index contributed by atoms with van der Waals surface area (Å²) in [5.41, 5.74) is 7.66. The third kappa shape index (κ3) is 7.75. The number of nitrogens with one attached hydrogen (secondary N) is 2. The van der Waals surface area contributed by atoms with E-state index in [0.29, 0.717) is 29.9 Å². The number of anilines is 2. The first-order valence-electron chi connectivity index (χ1n) is 21.2. The third-order valence-electron chi connectivity index (χ3n) is 14.1. The van der Waals surface area contributed by atoms with Crippen LogP contribution in [0.15, 0.2) is 84.9 Å². The molecule has 9 rings (SSSR count). The molecule has 0 aromatic heterocycles. The van der Waals surface area contributed by atoms with E-state index in [4.69, 9.17) is 4.74 Å². The number of amides is 2. The molecule has 1 saturated carbocycles. The van der Waals surface area contributed by atoms with Crippen LogP contribution >= 0.6 is 0 Å². The first-order chi connectivity index (χ1) is 27.7. The van der Waals surface area contributed by atoms with E-state index in [0.717, 1.165) is 98.7 Å². The number of hydrogen-bond acceptors (Lipinski definition) is 7. The summed E-state index contributed by atoms with van der Waals surface area (Å²) in [6.07, 6.45) is 9.71. The number of rotatable bonds is 9. The van der Waals surface area contributed by atoms with Crippen LogP contribution in [0.4, 0.5) is 15.8 Å². The Morgan fingerprint density at radius 2 is 1.60 bits per heavy atom. The fraction of sp³-hybridized carbons (Fsp3) is 0.458. The lowest BCUT2D eigenvalue weighted by Gasteiger charge is -2.54.